The summed E-state index contributed by atoms with van der Waals surface area (Å²) in [4.78, 5) is 23.4. The van der Waals surface area contributed by atoms with Gasteiger partial charge in [-0.15, -0.1) is 0 Å². The molecule has 0 amide bonds. The average molecular weight is 565 g/mol. The van der Waals surface area contributed by atoms with Crippen molar-refractivity contribution in [3.63, 3.8) is 0 Å². The summed E-state index contributed by atoms with van der Waals surface area (Å²) in [5.41, 5.74) is 2.92. The summed E-state index contributed by atoms with van der Waals surface area (Å²) in [6.07, 6.45) is 4.90. The van der Waals surface area contributed by atoms with Crippen LogP contribution >= 0.6 is 0 Å². The van der Waals surface area contributed by atoms with Gasteiger partial charge in [-0.3, -0.25) is 0 Å². The molecule has 4 unspecified atom stereocenters. The molecule has 0 bridgehead atoms. The summed E-state index contributed by atoms with van der Waals surface area (Å²) in [6, 6.07) is 11.3. The zero-order valence-corrected chi connectivity index (χ0v) is 24.5. The number of hydrogen-bond donors (Lipinski definition) is 2. The van der Waals surface area contributed by atoms with E-state index in [4.69, 9.17) is 18.9 Å². The van der Waals surface area contributed by atoms with E-state index in [1.807, 2.05) is 62.4 Å². The molecule has 0 spiro atoms. The van der Waals surface area contributed by atoms with Crippen molar-refractivity contribution in [2.75, 3.05) is 0 Å². The van der Waals surface area contributed by atoms with Crippen LogP contribution in [0.25, 0.3) is 12.2 Å². The van der Waals surface area contributed by atoms with E-state index in [9.17, 15) is 19.8 Å². The van der Waals surface area contributed by atoms with Crippen molar-refractivity contribution in [1.82, 2.24) is 0 Å². The second kappa shape index (κ2) is 15.0. The molecule has 0 saturated carbocycles. The van der Waals surface area contributed by atoms with Crippen molar-refractivity contribution in [2.24, 2.45) is 0 Å². The van der Waals surface area contributed by atoms with Gasteiger partial charge in [-0.25, -0.2) is 9.59 Å². The predicted molar refractivity (Wildman–Crippen MR) is 159 cm³/mol. The second-order valence-electron chi connectivity index (χ2n) is 9.87. The fourth-order valence-corrected chi connectivity index (χ4v) is 3.89. The van der Waals surface area contributed by atoms with Crippen LogP contribution in [-0.4, -0.2) is 46.9 Å². The van der Waals surface area contributed by atoms with Gasteiger partial charge in [-0.1, -0.05) is 63.4 Å². The van der Waals surface area contributed by atoms with Gasteiger partial charge < -0.3 is 29.2 Å². The van der Waals surface area contributed by atoms with Crippen LogP contribution in [0.2, 0.25) is 0 Å². The van der Waals surface area contributed by atoms with Crippen molar-refractivity contribution >= 4 is 24.1 Å². The first-order chi connectivity index (χ1) is 19.4. The van der Waals surface area contributed by atoms with Gasteiger partial charge in [0.05, 0.1) is 0 Å². The third-order valence-electron chi connectivity index (χ3n) is 6.23. The fourth-order valence-electron chi connectivity index (χ4n) is 3.89. The Balaban J connectivity index is 2.48. The van der Waals surface area contributed by atoms with E-state index in [0.29, 0.717) is 11.5 Å². The molecule has 0 heterocycles. The molecule has 2 aromatic carbocycles. The molecule has 0 radical (unpaired) electrons. The molecular weight excluding hydrogens is 524 g/mol. The van der Waals surface area contributed by atoms with Gasteiger partial charge in [0.2, 0.25) is 0 Å². The molecule has 0 aliphatic rings. The number of aliphatic hydroxyl groups is 2. The van der Waals surface area contributed by atoms with Gasteiger partial charge in [-0.2, -0.15) is 0 Å². The first-order valence-corrected chi connectivity index (χ1v) is 13.3. The van der Waals surface area contributed by atoms with Crippen molar-refractivity contribution in [2.45, 2.75) is 71.7 Å². The standard InChI is InChI=1S/C33H40O8/c1-9-13-23-19-25(15-17-27(23)38-31(21(5)34)40-29(36)11-3)33(7,8)26-16-18-28(24(20-26)14-10-2)39-32(22(6)35)41-30(37)12-4/h9-22,31-32,34-35H,3-4H2,1-2,5-8H3/b13-9-,14-10-. The van der Waals surface area contributed by atoms with Crippen molar-refractivity contribution < 1.29 is 38.7 Å². The summed E-state index contributed by atoms with van der Waals surface area (Å²) in [5, 5.41) is 20.2. The van der Waals surface area contributed by atoms with Crippen LogP contribution in [-0.2, 0) is 24.5 Å². The Labute approximate surface area is 242 Å². The Morgan fingerprint density at radius 1 is 0.756 bits per heavy atom. The average Bonchev–Trinajstić information content (AvgIpc) is 2.93. The van der Waals surface area contributed by atoms with Gasteiger partial charge in [-0.05, 0) is 63.1 Å². The third-order valence-corrected chi connectivity index (χ3v) is 6.23. The number of rotatable bonds is 14. The van der Waals surface area contributed by atoms with Gasteiger partial charge in [0.15, 0.2) is 0 Å². The monoisotopic (exact) mass is 564 g/mol. The smallest absolute Gasteiger partial charge is 0.333 e. The number of hydrogen-bond acceptors (Lipinski definition) is 8. The number of benzene rings is 2. The maximum Gasteiger partial charge on any atom is 0.333 e. The van der Waals surface area contributed by atoms with Crippen LogP contribution in [0.4, 0.5) is 0 Å². The zero-order valence-electron chi connectivity index (χ0n) is 24.5. The predicted octanol–water partition coefficient (Wildman–Crippen LogP) is 5.71. The molecule has 220 valence electrons. The Bertz CT molecular complexity index is 1190. The van der Waals surface area contributed by atoms with Gasteiger partial charge >= 0.3 is 11.9 Å². The molecule has 2 aromatic rings. The van der Waals surface area contributed by atoms with E-state index >= 15 is 0 Å². The van der Waals surface area contributed by atoms with Gasteiger partial charge in [0.25, 0.3) is 12.6 Å². The Morgan fingerprint density at radius 2 is 1.12 bits per heavy atom. The van der Waals surface area contributed by atoms with Crippen LogP contribution in [0.5, 0.6) is 11.5 Å². The number of carbonyl (C=O) groups excluding carboxylic acids is 2. The highest BCUT2D eigenvalue weighted by molar-refractivity contribution is 5.81. The topological polar surface area (TPSA) is 112 Å². The summed E-state index contributed by atoms with van der Waals surface area (Å²) < 4.78 is 22.1. The second-order valence-corrected chi connectivity index (χ2v) is 9.87. The summed E-state index contributed by atoms with van der Waals surface area (Å²) in [6.45, 7) is 17.6. The molecular formula is C33H40O8. The largest absolute Gasteiger partial charge is 0.451 e. The Hall–Kier alpha value is -4.14. The molecule has 0 aromatic heterocycles. The number of aliphatic hydroxyl groups excluding tert-OH is 2. The molecule has 8 heteroatoms. The SMILES string of the molecule is C=CC(=O)OC(Oc1ccc(C(C)(C)c2ccc(OC(OC(=O)C=C)C(C)O)c(/C=C\C)c2)cc1/C=C\C)C(C)O. The molecule has 0 fully saturated rings. The van der Waals surface area contributed by atoms with Crippen LogP contribution < -0.4 is 9.47 Å². The lowest BCUT2D eigenvalue weighted by atomic mass is 9.77. The summed E-state index contributed by atoms with van der Waals surface area (Å²) in [7, 11) is 0. The van der Waals surface area contributed by atoms with E-state index in [0.717, 1.165) is 34.4 Å². The normalized spacial score (nSPS) is 14.6. The summed E-state index contributed by atoms with van der Waals surface area (Å²) >= 11 is 0. The quantitative estimate of drug-likeness (QED) is 0.171. The Morgan fingerprint density at radius 3 is 1.41 bits per heavy atom. The van der Waals surface area contributed by atoms with Crippen LogP contribution in [0.15, 0.2) is 73.9 Å². The molecule has 2 rings (SSSR count). The minimum Gasteiger partial charge on any atom is -0.451 e. The van der Waals surface area contributed by atoms with E-state index in [2.05, 4.69) is 27.0 Å². The highest BCUT2D eigenvalue weighted by Gasteiger charge is 2.28. The Kier molecular flexibility index (Phi) is 12.1. The van der Waals surface area contributed by atoms with Crippen LogP contribution in [0.1, 0.15) is 63.8 Å². The van der Waals surface area contributed by atoms with Crippen molar-refractivity contribution in [1.29, 1.82) is 0 Å². The molecule has 0 aliphatic carbocycles. The number of allylic oxidation sites excluding steroid dienone is 2. The van der Waals surface area contributed by atoms with E-state index in [1.165, 1.54) is 13.8 Å². The van der Waals surface area contributed by atoms with Crippen LogP contribution in [0.3, 0.4) is 0 Å². The number of ether oxygens (including phenoxy) is 4. The number of esters is 2. The molecule has 4 atom stereocenters. The highest BCUT2D eigenvalue weighted by atomic mass is 16.7. The maximum atomic E-state index is 11.7. The van der Waals surface area contributed by atoms with E-state index < -0.39 is 42.1 Å². The van der Waals surface area contributed by atoms with Gasteiger partial charge in [0, 0.05) is 28.7 Å². The number of carbonyl (C=O) groups is 2. The fraction of sp³-hybridized carbons (Fsp3) is 0.333. The molecule has 0 aliphatic heterocycles. The molecule has 41 heavy (non-hydrogen) atoms. The first-order valence-electron chi connectivity index (χ1n) is 13.3. The molecule has 0 saturated heterocycles. The molecule has 8 nitrogen and oxygen atoms in total. The van der Waals surface area contributed by atoms with E-state index in [1.54, 1.807) is 12.1 Å². The third kappa shape index (κ3) is 8.93. The maximum absolute atomic E-state index is 11.7. The van der Waals surface area contributed by atoms with Crippen LogP contribution in [0, 0.1) is 0 Å². The van der Waals surface area contributed by atoms with Crippen molar-refractivity contribution in [3.05, 3.63) is 96.1 Å². The zero-order chi connectivity index (χ0) is 30.7. The minimum atomic E-state index is -1.21. The highest BCUT2D eigenvalue weighted by Crippen LogP contribution is 2.37. The van der Waals surface area contributed by atoms with Gasteiger partial charge in [0.1, 0.15) is 23.7 Å². The van der Waals surface area contributed by atoms with Crippen molar-refractivity contribution in [3.8, 4) is 11.5 Å². The summed E-state index contributed by atoms with van der Waals surface area (Å²) in [5.74, 6) is -0.544. The minimum absolute atomic E-state index is 0.432. The lowest BCUT2D eigenvalue weighted by Gasteiger charge is -2.29. The first kappa shape index (κ1) is 33.1. The molecule has 2 N–H and O–H groups in total. The lowest BCUT2D eigenvalue weighted by Crippen LogP contribution is -2.34. The lowest BCUT2D eigenvalue weighted by molar-refractivity contribution is -0.172. The van der Waals surface area contributed by atoms with E-state index in [-0.39, 0.29) is 0 Å².